The summed E-state index contributed by atoms with van der Waals surface area (Å²) < 4.78 is 1.08. The van der Waals surface area contributed by atoms with E-state index in [1.54, 1.807) is 6.20 Å². The number of rotatable bonds is 2. The van der Waals surface area contributed by atoms with E-state index in [2.05, 4.69) is 33.0 Å². The number of hydrogen-bond donors (Lipinski definition) is 0. The molecule has 1 aromatic heterocycles. The van der Waals surface area contributed by atoms with E-state index >= 15 is 0 Å². The molecule has 2 heterocycles. The highest BCUT2D eigenvalue weighted by Crippen LogP contribution is 2.49. The number of hydrogen-bond acceptors (Lipinski definition) is 2. The summed E-state index contributed by atoms with van der Waals surface area (Å²) in [6.45, 7) is 0.793. The van der Waals surface area contributed by atoms with Crippen molar-refractivity contribution < 1.29 is 4.79 Å². The Morgan fingerprint density at radius 1 is 1.33 bits per heavy atom. The van der Waals surface area contributed by atoms with Crippen LogP contribution in [0.25, 0.3) is 0 Å². The minimum absolute atomic E-state index is 0.130. The number of nitrogens with zero attached hydrogens (tertiary/aromatic N) is 2. The zero-order valence-electron chi connectivity index (χ0n) is 11.5. The van der Waals surface area contributed by atoms with Gasteiger partial charge in [0.05, 0.1) is 11.9 Å². The van der Waals surface area contributed by atoms with Crippen LogP contribution < -0.4 is 4.90 Å². The molecule has 1 saturated carbocycles. The molecule has 3 nitrogen and oxygen atoms in total. The largest absolute Gasteiger partial charge is 0.310 e. The number of amides is 1. The third-order valence-electron chi connectivity index (χ3n) is 4.43. The maximum atomic E-state index is 12.7. The topological polar surface area (TPSA) is 33.2 Å². The van der Waals surface area contributed by atoms with Crippen molar-refractivity contribution in [3.8, 4) is 0 Å². The molecular formula is C17H15BrN2O. The van der Waals surface area contributed by atoms with Gasteiger partial charge >= 0.3 is 0 Å². The zero-order chi connectivity index (χ0) is 14.4. The van der Waals surface area contributed by atoms with Gasteiger partial charge in [0.25, 0.3) is 0 Å². The maximum Gasteiger partial charge on any atom is 0.230 e. The van der Waals surface area contributed by atoms with Gasteiger partial charge in [0.15, 0.2) is 0 Å². The first-order valence-corrected chi connectivity index (χ1v) is 8.03. The molecule has 0 saturated heterocycles. The Labute approximate surface area is 132 Å². The molecule has 0 radical (unpaired) electrons. The van der Waals surface area contributed by atoms with E-state index in [9.17, 15) is 4.79 Å². The molecular weight excluding hydrogens is 328 g/mol. The Bertz CT molecular complexity index is 715. The Morgan fingerprint density at radius 3 is 3.10 bits per heavy atom. The number of benzene rings is 1. The molecule has 4 heteroatoms. The van der Waals surface area contributed by atoms with Crippen molar-refractivity contribution >= 4 is 27.5 Å². The second-order valence-corrected chi connectivity index (χ2v) is 6.66. The second-order valence-electron chi connectivity index (χ2n) is 5.75. The lowest BCUT2D eigenvalue weighted by atomic mass is 10.1. The second kappa shape index (κ2) is 4.95. The van der Waals surface area contributed by atoms with E-state index in [1.165, 1.54) is 11.1 Å². The Hall–Kier alpha value is -1.68. The fourth-order valence-electron chi connectivity index (χ4n) is 3.22. The van der Waals surface area contributed by atoms with Gasteiger partial charge in [-0.1, -0.05) is 28.1 Å². The Kier molecular flexibility index (Phi) is 3.07. The minimum atomic E-state index is 0.130. The van der Waals surface area contributed by atoms with Crippen LogP contribution in [0.2, 0.25) is 0 Å². The summed E-state index contributed by atoms with van der Waals surface area (Å²) in [5, 5.41) is 0. The molecule has 1 aromatic carbocycles. The monoisotopic (exact) mass is 342 g/mol. The summed E-state index contributed by atoms with van der Waals surface area (Å²) >= 11 is 3.50. The van der Waals surface area contributed by atoms with Gasteiger partial charge in [-0.25, -0.2) is 0 Å². The van der Waals surface area contributed by atoms with Crippen molar-refractivity contribution in [3.63, 3.8) is 0 Å². The van der Waals surface area contributed by atoms with Gasteiger partial charge in [-0.15, -0.1) is 0 Å². The van der Waals surface area contributed by atoms with Gasteiger partial charge in [0, 0.05) is 23.1 Å². The smallest absolute Gasteiger partial charge is 0.230 e. The first-order valence-electron chi connectivity index (χ1n) is 7.24. The average molecular weight is 343 g/mol. The Morgan fingerprint density at radius 2 is 2.24 bits per heavy atom. The van der Waals surface area contributed by atoms with Gasteiger partial charge in [-0.2, -0.15) is 0 Å². The molecule has 106 valence electrons. The van der Waals surface area contributed by atoms with Crippen LogP contribution in [-0.2, 0) is 11.2 Å². The third-order valence-corrected chi connectivity index (χ3v) is 4.93. The summed E-state index contributed by atoms with van der Waals surface area (Å²) in [6, 6.07) is 10.3. The van der Waals surface area contributed by atoms with E-state index in [1.807, 2.05) is 29.3 Å². The van der Waals surface area contributed by atoms with Crippen LogP contribution in [0.3, 0.4) is 0 Å². The van der Waals surface area contributed by atoms with E-state index in [4.69, 9.17) is 0 Å². The van der Waals surface area contributed by atoms with E-state index in [0.717, 1.165) is 29.5 Å². The normalized spacial score (nSPS) is 23.0. The fourth-order valence-corrected chi connectivity index (χ4v) is 3.64. The van der Waals surface area contributed by atoms with Crippen molar-refractivity contribution in [1.82, 2.24) is 4.98 Å². The number of anilines is 1. The predicted octanol–water partition coefficient (Wildman–Crippen LogP) is 3.54. The molecule has 21 heavy (non-hydrogen) atoms. The molecule has 0 unspecified atom stereocenters. The maximum absolute atomic E-state index is 12.7. The first-order chi connectivity index (χ1) is 10.2. The zero-order valence-corrected chi connectivity index (χ0v) is 13.1. The summed E-state index contributed by atoms with van der Waals surface area (Å²) in [5.74, 6) is 0.757. The Balaban J connectivity index is 1.53. The van der Waals surface area contributed by atoms with Crippen LogP contribution in [-0.4, -0.2) is 17.4 Å². The molecule has 2 aliphatic rings. The van der Waals surface area contributed by atoms with E-state index in [0.29, 0.717) is 5.92 Å². The van der Waals surface area contributed by atoms with Crippen LogP contribution in [0.4, 0.5) is 5.69 Å². The van der Waals surface area contributed by atoms with Crippen LogP contribution >= 0.6 is 15.9 Å². The number of aromatic nitrogens is 1. The molecule has 4 rings (SSSR count). The predicted molar refractivity (Wildman–Crippen MR) is 85.3 cm³/mol. The van der Waals surface area contributed by atoms with Crippen LogP contribution in [0.15, 0.2) is 47.2 Å². The van der Waals surface area contributed by atoms with Gasteiger partial charge in [-0.05, 0) is 48.1 Å². The van der Waals surface area contributed by atoms with E-state index in [-0.39, 0.29) is 11.8 Å². The first kappa shape index (κ1) is 13.0. The quantitative estimate of drug-likeness (QED) is 0.836. The lowest BCUT2D eigenvalue weighted by Crippen LogP contribution is -2.30. The fraction of sp³-hybridized carbons (Fsp3) is 0.294. The number of halogens is 1. The van der Waals surface area contributed by atoms with Crippen LogP contribution in [0, 0.1) is 5.92 Å². The molecule has 0 bridgehead atoms. The molecule has 0 N–H and O–H groups in total. The molecule has 2 atom stereocenters. The highest BCUT2D eigenvalue weighted by molar-refractivity contribution is 9.10. The van der Waals surface area contributed by atoms with Gasteiger partial charge < -0.3 is 4.90 Å². The third kappa shape index (κ3) is 2.27. The summed E-state index contributed by atoms with van der Waals surface area (Å²) in [7, 11) is 0. The number of carbonyl (C=O) groups excluding carboxylic acids is 1. The van der Waals surface area contributed by atoms with Gasteiger partial charge in [0.2, 0.25) is 5.91 Å². The molecule has 2 aromatic rings. The van der Waals surface area contributed by atoms with Crippen molar-refractivity contribution in [2.75, 3.05) is 11.4 Å². The number of pyridine rings is 1. The lowest BCUT2D eigenvalue weighted by Gasteiger charge is -2.17. The van der Waals surface area contributed by atoms with Crippen molar-refractivity contribution in [2.24, 2.45) is 5.92 Å². The lowest BCUT2D eigenvalue weighted by molar-refractivity contribution is -0.119. The van der Waals surface area contributed by atoms with Crippen LogP contribution in [0.1, 0.15) is 23.5 Å². The molecule has 1 amide bonds. The molecule has 1 fully saturated rings. The van der Waals surface area contributed by atoms with Gasteiger partial charge in [-0.3, -0.25) is 9.78 Å². The number of fused-ring (bicyclic) bond motifs is 1. The van der Waals surface area contributed by atoms with Gasteiger partial charge in [0.1, 0.15) is 0 Å². The number of carbonyl (C=O) groups is 1. The van der Waals surface area contributed by atoms with Crippen molar-refractivity contribution in [3.05, 3.63) is 58.3 Å². The minimum Gasteiger partial charge on any atom is -0.310 e. The van der Waals surface area contributed by atoms with E-state index < -0.39 is 0 Å². The SMILES string of the molecule is O=C([C@@H]1C[C@H]1c1cccc(Br)c1)N1CCc2ccncc21. The van der Waals surface area contributed by atoms with Crippen molar-refractivity contribution in [1.29, 1.82) is 0 Å². The molecule has 1 aliphatic heterocycles. The highest BCUT2D eigenvalue weighted by Gasteiger charge is 2.46. The van der Waals surface area contributed by atoms with Crippen LogP contribution in [0.5, 0.6) is 0 Å². The summed E-state index contributed by atoms with van der Waals surface area (Å²) in [5.41, 5.74) is 3.49. The van der Waals surface area contributed by atoms with Crippen molar-refractivity contribution in [2.45, 2.75) is 18.8 Å². The highest BCUT2D eigenvalue weighted by atomic mass is 79.9. The molecule has 0 spiro atoms. The average Bonchev–Trinajstić information content (AvgIpc) is 3.19. The summed E-state index contributed by atoms with van der Waals surface area (Å²) in [4.78, 5) is 18.8. The molecule has 1 aliphatic carbocycles. The summed E-state index contributed by atoms with van der Waals surface area (Å²) in [6.07, 6.45) is 5.52. The standard InChI is InChI=1S/C17H15BrN2O/c18-13-3-1-2-12(8-13)14-9-15(14)17(21)20-7-5-11-4-6-19-10-16(11)20/h1-4,6,8,10,14-15H,5,7,9H2/t14-,15+/m0/s1.